The first-order chi connectivity index (χ1) is 10.3. The summed E-state index contributed by atoms with van der Waals surface area (Å²) in [7, 11) is 1.96. The van der Waals surface area contributed by atoms with E-state index in [0.29, 0.717) is 0 Å². The lowest BCUT2D eigenvalue weighted by molar-refractivity contribution is 0.962. The van der Waals surface area contributed by atoms with Crippen LogP contribution in [0.5, 0.6) is 0 Å². The van der Waals surface area contributed by atoms with E-state index in [9.17, 15) is 0 Å². The fourth-order valence-corrected chi connectivity index (χ4v) is 3.10. The van der Waals surface area contributed by atoms with Crippen molar-refractivity contribution >= 4 is 17.5 Å². The van der Waals surface area contributed by atoms with Gasteiger partial charge in [-0.25, -0.2) is 4.52 Å². The summed E-state index contributed by atoms with van der Waals surface area (Å²) in [6.45, 7) is 2.17. The predicted octanol–water partition coefficient (Wildman–Crippen LogP) is 3.93. The van der Waals surface area contributed by atoms with E-state index in [1.807, 2.05) is 24.0 Å². The molecule has 4 heteroatoms. The number of aromatic nitrogens is 2. The molecule has 3 nitrogen and oxygen atoms in total. The van der Waals surface area contributed by atoms with Gasteiger partial charge < -0.3 is 0 Å². The Balaban J connectivity index is 2.07. The summed E-state index contributed by atoms with van der Waals surface area (Å²) in [5.41, 5.74) is 6.39. The van der Waals surface area contributed by atoms with Crippen LogP contribution in [-0.4, -0.2) is 16.7 Å². The molecule has 108 valence electrons. The normalized spacial score (nSPS) is 11.1. The van der Waals surface area contributed by atoms with E-state index in [1.54, 1.807) is 11.9 Å². The molecule has 0 aliphatic carbocycles. The molecule has 3 aromatic rings. The highest BCUT2D eigenvalue weighted by atomic mass is 32.2. The van der Waals surface area contributed by atoms with Crippen molar-refractivity contribution in [3.05, 3.63) is 59.9 Å². The first-order valence-electron chi connectivity index (χ1n) is 7.16. The lowest BCUT2D eigenvalue weighted by Crippen LogP contribution is -1.95. The van der Waals surface area contributed by atoms with Crippen LogP contribution in [0.25, 0.3) is 16.6 Å². The van der Waals surface area contributed by atoms with Gasteiger partial charge in [-0.2, -0.15) is 5.10 Å². The zero-order valence-corrected chi connectivity index (χ0v) is 13.2. The molecule has 21 heavy (non-hydrogen) atoms. The number of pyridine rings is 1. The highest BCUT2D eigenvalue weighted by molar-refractivity contribution is 7.96. The number of hydrogen-bond donors (Lipinski definition) is 1. The van der Waals surface area contributed by atoms with Crippen molar-refractivity contribution in [2.24, 2.45) is 0 Å². The molecule has 0 unspecified atom stereocenters. The van der Waals surface area contributed by atoms with Crippen LogP contribution in [0, 0.1) is 0 Å². The van der Waals surface area contributed by atoms with Crippen molar-refractivity contribution in [2.45, 2.75) is 19.1 Å². The molecule has 0 spiro atoms. The first-order valence-corrected chi connectivity index (χ1v) is 8.15. The van der Waals surface area contributed by atoms with E-state index in [2.05, 4.69) is 53.1 Å². The molecule has 0 saturated heterocycles. The predicted molar refractivity (Wildman–Crippen MR) is 90.4 cm³/mol. The zero-order valence-electron chi connectivity index (χ0n) is 12.3. The molecule has 0 amide bonds. The van der Waals surface area contributed by atoms with Crippen LogP contribution >= 0.6 is 11.9 Å². The third-order valence-corrected chi connectivity index (χ3v) is 4.43. The molecule has 0 fully saturated rings. The Labute approximate surface area is 129 Å². The summed E-state index contributed by atoms with van der Waals surface area (Å²) < 4.78 is 5.09. The van der Waals surface area contributed by atoms with Gasteiger partial charge >= 0.3 is 0 Å². The number of aryl methyl sites for hydroxylation is 1. The van der Waals surface area contributed by atoms with E-state index in [-0.39, 0.29) is 0 Å². The number of hydrogen-bond acceptors (Lipinski definition) is 3. The Hall–Kier alpha value is -1.78. The number of nitrogens with zero attached hydrogens (tertiary/aromatic N) is 2. The Morgan fingerprint density at radius 3 is 2.86 bits per heavy atom. The van der Waals surface area contributed by atoms with Gasteiger partial charge in [-0.3, -0.25) is 4.72 Å². The second kappa shape index (κ2) is 6.33. The maximum Gasteiger partial charge on any atom is 0.0699 e. The lowest BCUT2D eigenvalue weighted by Gasteiger charge is -2.10. The number of nitrogens with one attached hydrogen (secondary N) is 1. The summed E-state index contributed by atoms with van der Waals surface area (Å²) in [6.07, 6.45) is 5.01. The molecular formula is C17H19N3S. The second-order valence-corrected chi connectivity index (χ2v) is 5.90. The van der Waals surface area contributed by atoms with Crippen molar-refractivity contribution in [1.82, 2.24) is 14.3 Å². The van der Waals surface area contributed by atoms with Gasteiger partial charge in [0.05, 0.1) is 11.7 Å². The molecule has 0 aliphatic rings. The SMILES string of the molecule is CCc1cnn2ccc(-c3ccccc3CSNC)cc12. The van der Waals surface area contributed by atoms with Crippen molar-refractivity contribution in [3.63, 3.8) is 0 Å². The third kappa shape index (κ3) is 2.82. The van der Waals surface area contributed by atoms with E-state index < -0.39 is 0 Å². The molecule has 0 saturated carbocycles. The molecule has 2 aromatic heterocycles. The number of rotatable bonds is 5. The molecule has 0 aliphatic heterocycles. The molecular weight excluding hydrogens is 278 g/mol. The smallest absolute Gasteiger partial charge is 0.0699 e. The highest BCUT2D eigenvalue weighted by Crippen LogP contribution is 2.27. The van der Waals surface area contributed by atoms with E-state index in [1.165, 1.54) is 27.8 Å². The van der Waals surface area contributed by atoms with Crippen LogP contribution in [-0.2, 0) is 12.2 Å². The standard InChI is InChI=1S/C17H19N3S/c1-3-13-11-19-20-9-8-14(10-17(13)20)16-7-5-4-6-15(16)12-21-18-2/h4-11,18H,3,12H2,1-2H3. The summed E-state index contributed by atoms with van der Waals surface area (Å²) in [5.74, 6) is 0.956. The van der Waals surface area contributed by atoms with Gasteiger partial charge in [-0.05, 0) is 47.9 Å². The molecule has 0 radical (unpaired) electrons. The molecule has 2 heterocycles. The zero-order chi connectivity index (χ0) is 14.7. The van der Waals surface area contributed by atoms with Gasteiger partial charge in [-0.1, -0.05) is 43.1 Å². The molecule has 1 N–H and O–H groups in total. The van der Waals surface area contributed by atoms with Crippen LogP contribution in [0.2, 0.25) is 0 Å². The first kappa shape index (κ1) is 14.2. The Morgan fingerprint density at radius 1 is 1.19 bits per heavy atom. The van der Waals surface area contributed by atoms with Crippen LogP contribution in [0.1, 0.15) is 18.1 Å². The Bertz CT molecular complexity index is 749. The maximum absolute atomic E-state index is 4.40. The Kier molecular flexibility index (Phi) is 4.27. The van der Waals surface area contributed by atoms with Gasteiger partial charge in [0.15, 0.2) is 0 Å². The van der Waals surface area contributed by atoms with Crippen molar-refractivity contribution in [2.75, 3.05) is 7.05 Å². The fourth-order valence-electron chi connectivity index (χ4n) is 2.55. The third-order valence-electron chi connectivity index (χ3n) is 3.68. The van der Waals surface area contributed by atoms with E-state index in [4.69, 9.17) is 0 Å². The van der Waals surface area contributed by atoms with Gasteiger partial charge in [-0.15, -0.1) is 0 Å². The minimum atomic E-state index is 0.956. The van der Waals surface area contributed by atoms with Crippen molar-refractivity contribution in [3.8, 4) is 11.1 Å². The van der Waals surface area contributed by atoms with Crippen LogP contribution < -0.4 is 4.72 Å². The minimum Gasteiger partial charge on any atom is -0.267 e. The van der Waals surface area contributed by atoms with E-state index in [0.717, 1.165) is 12.2 Å². The summed E-state index contributed by atoms with van der Waals surface area (Å²) in [4.78, 5) is 0. The highest BCUT2D eigenvalue weighted by Gasteiger charge is 2.08. The monoisotopic (exact) mass is 297 g/mol. The quantitative estimate of drug-likeness (QED) is 0.724. The Morgan fingerprint density at radius 2 is 2.05 bits per heavy atom. The van der Waals surface area contributed by atoms with Gasteiger partial charge in [0.1, 0.15) is 0 Å². The van der Waals surface area contributed by atoms with Crippen molar-refractivity contribution in [1.29, 1.82) is 0 Å². The molecule has 1 aromatic carbocycles. The van der Waals surface area contributed by atoms with Crippen LogP contribution in [0.4, 0.5) is 0 Å². The number of fused-ring (bicyclic) bond motifs is 1. The fraction of sp³-hybridized carbons (Fsp3) is 0.235. The van der Waals surface area contributed by atoms with Crippen LogP contribution in [0.15, 0.2) is 48.8 Å². The summed E-state index contributed by atoms with van der Waals surface area (Å²) in [6, 6.07) is 13.0. The lowest BCUT2D eigenvalue weighted by atomic mass is 10.0. The summed E-state index contributed by atoms with van der Waals surface area (Å²) in [5, 5.41) is 4.40. The summed E-state index contributed by atoms with van der Waals surface area (Å²) >= 11 is 1.72. The van der Waals surface area contributed by atoms with E-state index >= 15 is 0 Å². The van der Waals surface area contributed by atoms with Gasteiger partial charge in [0.25, 0.3) is 0 Å². The topological polar surface area (TPSA) is 29.3 Å². The largest absolute Gasteiger partial charge is 0.267 e. The average molecular weight is 297 g/mol. The van der Waals surface area contributed by atoms with Crippen molar-refractivity contribution < 1.29 is 0 Å². The molecule has 0 bridgehead atoms. The van der Waals surface area contributed by atoms with Gasteiger partial charge in [0, 0.05) is 11.9 Å². The average Bonchev–Trinajstić information content (AvgIpc) is 2.95. The molecule has 3 rings (SSSR count). The van der Waals surface area contributed by atoms with Crippen LogP contribution in [0.3, 0.4) is 0 Å². The second-order valence-electron chi connectivity index (χ2n) is 4.92. The minimum absolute atomic E-state index is 0.956. The van der Waals surface area contributed by atoms with Gasteiger partial charge in [0.2, 0.25) is 0 Å². The number of benzene rings is 1. The molecule has 0 atom stereocenters. The maximum atomic E-state index is 4.40.